The molecule has 33 heavy (non-hydrogen) atoms. The van der Waals surface area contributed by atoms with Crippen molar-refractivity contribution in [1.82, 2.24) is 4.90 Å². The van der Waals surface area contributed by atoms with Crippen molar-refractivity contribution in [2.75, 3.05) is 18.1 Å². The minimum Gasteiger partial charge on any atom is -0.493 e. The standard InChI is InChI=1S/C27H34N2O4/c1-4-33-24-16-19(12-13-21(24)27(31)32)17-26(30)29-23(15-18(2)3)20-9-5-6-10-22(20)28-14-8-7-11-25(28)29/h5-6,9-10,12-13,16,18,23,25H,4,7-8,11,14-15,17H2,1-3H3,(H,31,32)/t23-,25+/m1/s1. The summed E-state index contributed by atoms with van der Waals surface area (Å²) in [4.78, 5) is 29.9. The second-order valence-electron chi connectivity index (χ2n) is 9.42. The predicted octanol–water partition coefficient (Wildman–Crippen LogP) is 5.27. The van der Waals surface area contributed by atoms with Gasteiger partial charge in [0.25, 0.3) is 0 Å². The number of carboxylic acid groups (broad SMARTS) is 1. The summed E-state index contributed by atoms with van der Waals surface area (Å²) in [5.74, 6) is -0.179. The molecule has 2 aliphatic heterocycles. The molecule has 1 amide bonds. The molecule has 2 aliphatic rings. The number of carbonyl (C=O) groups is 2. The van der Waals surface area contributed by atoms with Crippen molar-refractivity contribution in [2.24, 2.45) is 5.92 Å². The van der Waals surface area contributed by atoms with Gasteiger partial charge in [0.1, 0.15) is 17.5 Å². The predicted molar refractivity (Wildman–Crippen MR) is 129 cm³/mol. The highest BCUT2D eigenvalue weighted by Gasteiger charge is 2.42. The number of nitrogens with zero attached hydrogens (tertiary/aromatic N) is 2. The molecule has 0 radical (unpaired) electrons. The maximum Gasteiger partial charge on any atom is 0.339 e. The molecule has 176 valence electrons. The number of piperidine rings is 1. The Morgan fingerprint density at radius 2 is 1.94 bits per heavy atom. The van der Waals surface area contributed by atoms with E-state index in [0.29, 0.717) is 18.3 Å². The monoisotopic (exact) mass is 450 g/mol. The third-order valence-electron chi connectivity index (χ3n) is 6.65. The lowest BCUT2D eigenvalue weighted by Crippen LogP contribution is -2.58. The molecule has 1 N–H and O–H groups in total. The van der Waals surface area contributed by atoms with E-state index in [1.807, 2.05) is 6.92 Å². The zero-order valence-electron chi connectivity index (χ0n) is 19.8. The third kappa shape index (κ3) is 4.70. The number of amides is 1. The molecule has 1 fully saturated rings. The first-order valence-corrected chi connectivity index (χ1v) is 12.1. The summed E-state index contributed by atoms with van der Waals surface area (Å²) in [5, 5.41) is 9.45. The van der Waals surface area contributed by atoms with Gasteiger partial charge in [0.05, 0.1) is 19.1 Å². The zero-order chi connectivity index (χ0) is 23.5. The topological polar surface area (TPSA) is 70.1 Å². The number of para-hydroxylation sites is 1. The van der Waals surface area contributed by atoms with Crippen LogP contribution in [0.4, 0.5) is 5.69 Å². The van der Waals surface area contributed by atoms with Gasteiger partial charge in [-0.15, -0.1) is 0 Å². The van der Waals surface area contributed by atoms with Gasteiger partial charge in [0.15, 0.2) is 0 Å². The highest BCUT2D eigenvalue weighted by atomic mass is 16.5. The second kappa shape index (κ2) is 9.86. The van der Waals surface area contributed by atoms with Gasteiger partial charge in [-0.25, -0.2) is 4.79 Å². The molecule has 4 rings (SSSR count). The summed E-state index contributed by atoms with van der Waals surface area (Å²) in [6.07, 6.45) is 4.42. The molecule has 0 aromatic heterocycles. The van der Waals surface area contributed by atoms with Crippen LogP contribution >= 0.6 is 0 Å². The van der Waals surface area contributed by atoms with Crippen molar-refractivity contribution in [3.8, 4) is 5.75 Å². The van der Waals surface area contributed by atoms with E-state index in [9.17, 15) is 14.7 Å². The van der Waals surface area contributed by atoms with Crippen molar-refractivity contribution in [3.05, 3.63) is 59.2 Å². The van der Waals surface area contributed by atoms with E-state index in [0.717, 1.165) is 37.8 Å². The molecule has 0 bridgehead atoms. The number of benzene rings is 2. The normalized spacial score (nSPS) is 19.8. The molecule has 2 atom stereocenters. The Balaban J connectivity index is 1.69. The Morgan fingerprint density at radius 3 is 2.67 bits per heavy atom. The van der Waals surface area contributed by atoms with E-state index in [1.165, 1.54) is 11.3 Å². The largest absolute Gasteiger partial charge is 0.493 e. The fourth-order valence-electron chi connectivity index (χ4n) is 5.29. The third-order valence-corrected chi connectivity index (χ3v) is 6.65. The number of hydrogen-bond donors (Lipinski definition) is 1. The summed E-state index contributed by atoms with van der Waals surface area (Å²) in [5.41, 5.74) is 3.39. The first-order valence-electron chi connectivity index (χ1n) is 12.1. The first-order chi connectivity index (χ1) is 15.9. The molecule has 2 heterocycles. The molecule has 6 heteroatoms. The van der Waals surface area contributed by atoms with Gasteiger partial charge >= 0.3 is 5.97 Å². The van der Waals surface area contributed by atoms with E-state index in [1.54, 1.807) is 18.2 Å². The van der Waals surface area contributed by atoms with Gasteiger partial charge in [-0.05, 0) is 67.9 Å². The average Bonchev–Trinajstić information content (AvgIpc) is 2.79. The molecule has 0 saturated carbocycles. The van der Waals surface area contributed by atoms with Crippen LogP contribution in [0.1, 0.15) is 74.0 Å². The van der Waals surface area contributed by atoms with Gasteiger partial charge in [-0.1, -0.05) is 38.1 Å². The molecular weight excluding hydrogens is 416 g/mol. The smallest absolute Gasteiger partial charge is 0.339 e. The lowest BCUT2D eigenvalue weighted by molar-refractivity contribution is -0.137. The second-order valence-corrected chi connectivity index (χ2v) is 9.42. The summed E-state index contributed by atoms with van der Waals surface area (Å²) >= 11 is 0. The Hall–Kier alpha value is -3.02. The molecule has 0 unspecified atom stereocenters. The van der Waals surface area contributed by atoms with Crippen LogP contribution in [0.25, 0.3) is 0 Å². The van der Waals surface area contributed by atoms with Crippen molar-refractivity contribution >= 4 is 17.6 Å². The van der Waals surface area contributed by atoms with Crippen molar-refractivity contribution < 1.29 is 19.4 Å². The SMILES string of the molecule is CCOc1cc(CC(=O)N2[C@H](CC(C)C)c3ccccc3N3CCCC[C@@H]32)ccc1C(=O)O. The molecule has 2 aromatic rings. The molecule has 6 nitrogen and oxygen atoms in total. The number of rotatable bonds is 7. The number of ether oxygens (including phenoxy) is 1. The Morgan fingerprint density at radius 1 is 1.15 bits per heavy atom. The summed E-state index contributed by atoms with van der Waals surface area (Å²) in [7, 11) is 0. The van der Waals surface area contributed by atoms with Gasteiger partial charge < -0.3 is 19.6 Å². The molecule has 2 aromatic carbocycles. The summed E-state index contributed by atoms with van der Waals surface area (Å²) in [6, 6.07) is 13.5. The zero-order valence-corrected chi connectivity index (χ0v) is 19.8. The maximum atomic E-state index is 13.9. The van der Waals surface area contributed by atoms with Gasteiger partial charge in [-0.3, -0.25) is 4.79 Å². The Kier molecular flexibility index (Phi) is 6.91. The molecule has 0 spiro atoms. The number of carbonyl (C=O) groups excluding carboxylic acids is 1. The quantitative estimate of drug-likeness (QED) is 0.622. The van der Waals surface area contributed by atoms with E-state index in [4.69, 9.17) is 4.74 Å². The van der Waals surface area contributed by atoms with Crippen LogP contribution in [0, 0.1) is 5.92 Å². The fraction of sp³-hybridized carbons (Fsp3) is 0.481. The average molecular weight is 451 g/mol. The van der Waals surface area contributed by atoms with Crippen LogP contribution in [0.5, 0.6) is 5.75 Å². The summed E-state index contributed by atoms with van der Waals surface area (Å²) in [6.45, 7) is 7.56. The number of aromatic carboxylic acids is 1. The van der Waals surface area contributed by atoms with E-state index < -0.39 is 5.97 Å². The van der Waals surface area contributed by atoms with Crippen LogP contribution in [-0.2, 0) is 11.2 Å². The van der Waals surface area contributed by atoms with Gasteiger partial charge in [-0.2, -0.15) is 0 Å². The van der Waals surface area contributed by atoms with Gasteiger partial charge in [0.2, 0.25) is 5.91 Å². The lowest BCUT2D eigenvalue weighted by atomic mass is 9.88. The van der Waals surface area contributed by atoms with Crippen LogP contribution in [-0.4, -0.2) is 41.2 Å². The highest BCUT2D eigenvalue weighted by molar-refractivity contribution is 5.91. The van der Waals surface area contributed by atoms with Crippen molar-refractivity contribution in [2.45, 2.75) is 65.1 Å². The number of carboxylic acids is 1. The van der Waals surface area contributed by atoms with Crippen LogP contribution < -0.4 is 9.64 Å². The number of anilines is 1. The van der Waals surface area contributed by atoms with Crippen LogP contribution in [0.15, 0.2) is 42.5 Å². The minimum atomic E-state index is -1.03. The minimum absolute atomic E-state index is 0.0395. The van der Waals surface area contributed by atoms with Crippen LogP contribution in [0.3, 0.4) is 0 Å². The van der Waals surface area contributed by atoms with Gasteiger partial charge in [0, 0.05) is 12.2 Å². The lowest BCUT2D eigenvalue weighted by Gasteiger charge is -2.52. The Bertz CT molecular complexity index is 1020. The van der Waals surface area contributed by atoms with E-state index >= 15 is 0 Å². The highest BCUT2D eigenvalue weighted by Crippen LogP contribution is 2.44. The van der Waals surface area contributed by atoms with E-state index in [2.05, 4.69) is 47.9 Å². The first kappa shape index (κ1) is 23.1. The maximum absolute atomic E-state index is 13.9. The van der Waals surface area contributed by atoms with E-state index in [-0.39, 0.29) is 30.1 Å². The number of hydrogen-bond acceptors (Lipinski definition) is 4. The summed E-state index contributed by atoms with van der Waals surface area (Å²) < 4.78 is 5.56. The van der Waals surface area contributed by atoms with Crippen LogP contribution in [0.2, 0.25) is 0 Å². The fourth-order valence-corrected chi connectivity index (χ4v) is 5.29. The number of fused-ring (bicyclic) bond motifs is 3. The van der Waals surface area contributed by atoms with Crippen molar-refractivity contribution in [1.29, 1.82) is 0 Å². The molecular formula is C27H34N2O4. The van der Waals surface area contributed by atoms with Crippen molar-refractivity contribution in [3.63, 3.8) is 0 Å². The molecule has 1 saturated heterocycles. The Labute approximate surface area is 196 Å². The molecule has 0 aliphatic carbocycles.